The van der Waals surface area contributed by atoms with Gasteiger partial charge in [0.1, 0.15) is 5.82 Å². The highest BCUT2D eigenvalue weighted by Gasteiger charge is 2.12. The van der Waals surface area contributed by atoms with Crippen LogP contribution in [0.4, 0.5) is 11.5 Å². The van der Waals surface area contributed by atoms with Gasteiger partial charge in [-0.25, -0.2) is 4.98 Å². The van der Waals surface area contributed by atoms with Crippen molar-refractivity contribution in [1.29, 1.82) is 5.26 Å². The fourth-order valence-corrected chi connectivity index (χ4v) is 1.65. The van der Waals surface area contributed by atoms with Crippen molar-refractivity contribution in [3.63, 3.8) is 0 Å². The number of hydrogen-bond acceptors (Lipinski definition) is 5. The first kappa shape index (κ1) is 12.5. The molecule has 0 saturated heterocycles. The van der Waals surface area contributed by atoms with Gasteiger partial charge >= 0.3 is 0 Å². The lowest BCUT2D eigenvalue weighted by atomic mass is 10.1. The lowest BCUT2D eigenvalue weighted by Gasteiger charge is -2.05. The topological polar surface area (TPSA) is 91.9 Å². The van der Waals surface area contributed by atoms with E-state index in [4.69, 9.17) is 5.26 Å². The minimum absolute atomic E-state index is 0.0447. The summed E-state index contributed by atoms with van der Waals surface area (Å²) in [6.07, 6.45) is 0. The minimum atomic E-state index is -0.472. The van der Waals surface area contributed by atoms with Crippen LogP contribution in [0.5, 0.6) is 0 Å². The number of anilines is 1. The Balaban J connectivity index is 2.57. The van der Waals surface area contributed by atoms with E-state index < -0.39 is 4.92 Å². The molecule has 0 radical (unpaired) electrons. The highest BCUT2D eigenvalue weighted by Crippen LogP contribution is 2.25. The Hall–Kier alpha value is -2.94. The lowest BCUT2D eigenvalue weighted by molar-refractivity contribution is -0.384. The predicted molar refractivity (Wildman–Crippen MR) is 70.6 cm³/mol. The van der Waals surface area contributed by atoms with E-state index in [0.717, 1.165) is 0 Å². The number of nitrogens with zero attached hydrogens (tertiary/aromatic N) is 3. The smallest absolute Gasteiger partial charge is 0.275 e. The number of nitrogens with one attached hydrogen (secondary N) is 1. The Labute approximate surface area is 109 Å². The van der Waals surface area contributed by atoms with Crippen molar-refractivity contribution in [2.45, 2.75) is 0 Å². The van der Waals surface area contributed by atoms with Crippen LogP contribution in [0.1, 0.15) is 5.56 Å². The second kappa shape index (κ2) is 5.14. The third-order valence-corrected chi connectivity index (χ3v) is 2.56. The molecule has 1 aromatic heterocycles. The Morgan fingerprint density at radius 1 is 1.37 bits per heavy atom. The summed E-state index contributed by atoms with van der Waals surface area (Å²) < 4.78 is 0. The summed E-state index contributed by atoms with van der Waals surface area (Å²) in [4.78, 5) is 14.7. The number of nitriles is 1. The molecule has 0 aliphatic carbocycles. The van der Waals surface area contributed by atoms with E-state index in [1.165, 1.54) is 12.1 Å². The van der Waals surface area contributed by atoms with Gasteiger partial charge in [-0.05, 0) is 12.1 Å². The summed E-state index contributed by atoms with van der Waals surface area (Å²) in [6, 6.07) is 11.6. The molecular weight excluding hydrogens is 244 g/mol. The van der Waals surface area contributed by atoms with Crippen molar-refractivity contribution in [2.24, 2.45) is 0 Å². The van der Waals surface area contributed by atoms with Gasteiger partial charge in [0.2, 0.25) is 0 Å². The molecular formula is C13H10N4O2. The first-order valence-electron chi connectivity index (χ1n) is 5.49. The molecule has 0 aliphatic heterocycles. The van der Waals surface area contributed by atoms with Gasteiger partial charge in [-0.3, -0.25) is 10.1 Å². The molecule has 1 N–H and O–H groups in total. The summed E-state index contributed by atoms with van der Waals surface area (Å²) >= 11 is 0. The molecule has 0 atom stereocenters. The molecule has 0 fully saturated rings. The molecule has 0 unspecified atom stereocenters. The number of nitro groups is 1. The van der Waals surface area contributed by atoms with Gasteiger partial charge in [0.05, 0.1) is 28.3 Å². The maximum atomic E-state index is 10.9. The van der Waals surface area contributed by atoms with Crippen LogP contribution in [0.15, 0.2) is 36.4 Å². The third kappa shape index (κ3) is 2.66. The maximum absolute atomic E-state index is 10.9. The predicted octanol–water partition coefficient (Wildman–Crippen LogP) is 2.57. The van der Waals surface area contributed by atoms with E-state index >= 15 is 0 Å². The third-order valence-electron chi connectivity index (χ3n) is 2.56. The molecule has 1 aromatic carbocycles. The molecule has 6 nitrogen and oxygen atoms in total. The largest absolute Gasteiger partial charge is 0.373 e. The first-order chi connectivity index (χ1) is 9.13. The molecule has 0 aliphatic rings. The summed E-state index contributed by atoms with van der Waals surface area (Å²) in [5.74, 6) is 0.409. The molecule has 19 heavy (non-hydrogen) atoms. The zero-order valence-electron chi connectivity index (χ0n) is 10.1. The van der Waals surface area contributed by atoms with Crippen molar-refractivity contribution >= 4 is 11.5 Å². The number of pyridine rings is 1. The van der Waals surface area contributed by atoms with E-state index in [9.17, 15) is 10.1 Å². The fraction of sp³-hybridized carbons (Fsp3) is 0.0769. The van der Waals surface area contributed by atoms with Gasteiger partial charge in [-0.15, -0.1) is 0 Å². The van der Waals surface area contributed by atoms with Crippen molar-refractivity contribution in [3.8, 4) is 17.3 Å². The van der Waals surface area contributed by atoms with Crippen LogP contribution in [0, 0.1) is 21.4 Å². The average Bonchev–Trinajstić information content (AvgIpc) is 2.46. The number of aromatic nitrogens is 1. The van der Waals surface area contributed by atoms with Crippen molar-refractivity contribution in [1.82, 2.24) is 4.98 Å². The van der Waals surface area contributed by atoms with Crippen LogP contribution in [-0.2, 0) is 0 Å². The fourth-order valence-electron chi connectivity index (χ4n) is 1.65. The molecule has 0 bridgehead atoms. The van der Waals surface area contributed by atoms with Gasteiger partial charge < -0.3 is 5.32 Å². The second-order valence-corrected chi connectivity index (χ2v) is 3.80. The van der Waals surface area contributed by atoms with Crippen LogP contribution < -0.4 is 5.32 Å². The van der Waals surface area contributed by atoms with Crippen molar-refractivity contribution in [3.05, 3.63) is 52.1 Å². The average molecular weight is 254 g/mol. The summed E-state index contributed by atoms with van der Waals surface area (Å²) in [5, 5.41) is 22.5. The summed E-state index contributed by atoms with van der Waals surface area (Å²) in [7, 11) is 1.64. The normalized spacial score (nSPS) is 9.68. The standard InChI is InChI=1S/C13H10N4O2/c1-15-13-7-11(17(18)19)6-12(16-13)10-4-2-3-9(5-10)8-14/h2-7H,1H3,(H,15,16). The van der Waals surface area contributed by atoms with E-state index in [-0.39, 0.29) is 5.69 Å². The Bertz CT molecular complexity index is 677. The lowest BCUT2D eigenvalue weighted by Crippen LogP contribution is -1.97. The molecule has 0 spiro atoms. The zero-order chi connectivity index (χ0) is 13.8. The van der Waals surface area contributed by atoms with Gasteiger partial charge in [0.15, 0.2) is 0 Å². The summed E-state index contributed by atoms with van der Waals surface area (Å²) in [6.45, 7) is 0. The van der Waals surface area contributed by atoms with Crippen molar-refractivity contribution < 1.29 is 4.92 Å². The number of benzene rings is 1. The minimum Gasteiger partial charge on any atom is -0.373 e. The quantitative estimate of drug-likeness (QED) is 0.671. The van der Waals surface area contributed by atoms with Crippen LogP contribution >= 0.6 is 0 Å². The van der Waals surface area contributed by atoms with Gasteiger partial charge in [-0.1, -0.05) is 12.1 Å². The Morgan fingerprint density at radius 3 is 2.79 bits per heavy atom. The second-order valence-electron chi connectivity index (χ2n) is 3.80. The molecule has 0 amide bonds. The highest BCUT2D eigenvalue weighted by molar-refractivity contribution is 5.66. The van der Waals surface area contributed by atoms with Gasteiger partial charge in [-0.2, -0.15) is 5.26 Å². The van der Waals surface area contributed by atoms with E-state index in [1.807, 2.05) is 6.07 Å². The number of hydrogen-bond donors (Lipinski definition) is 1. The van der Waals surface area contributed by atoms with Crippen molar-refractivity contribution in [2.75, 3.05) is 12.4 Å². The monoisotopic (exact) mass is 254 g/mol. The number of rotatable bonds is 3. The van der Waals surface area contributed by atoms with Crippen LogP contribution in [0.2, 0.25) is 0 Å². The molecule has 0 saturated carbocycles. The van der Waals surface area contributed by atoms with Crippen LogP contribution in [0.3, 0.4) is 0 Å². The Kier molecular flexibility index (Phi) is 3.39. The molecule has 2 aromatic rings. The first-order valence-corrected chi connectivity index (χ1v) is 5.49. The van der Waals surface area contributed by atoms with Crippen LogP contribution in [-0.4, -0.2) is 17.0 Å². The van der Waals surface area contributed by atoms with E-state index in [1.54, 1.807) is 31.3 Å². The summed E-state index contributed by atoms with van der Waals surface area (Å²) in [5.41, 5.74) is 1.56. The molecule has 2 rings (SSSR count). The molecule has 1 heterocycles. The molecule has 94 valence electrons. The Morgan fingerprint density at radius 2 is 2.16 bits per heavy atom. The van der Waals surface area contributed by atoms with Crippen LogP contribution in [0.25, 0.3) is 11.3 Å². The van der Waals surface area contributed by atoms with E-state index in [2.05, 4.69) is 10.3 Å². The van der Waals surface area contributed by atoms with Gasteiger partial charge in [0.25, 0.3) is 5.69 Å². The zero-order valence-corrected chi connectivity index (χ0v) is 10.1. The molecule has 6 heteroatoms. The van der Waals surface area contributed by atoms with E-state index in [0.29, 0.717) is 22.6 Å². The SMILES string of the molecule is CNc1cc([N+](=O)[O-])cc(-c2cccc(C#N)c2)n1. The maximum Gasteiger partial charge on any atom is 0.275 e. The highest BCUT2D eigenvalue weighted by atomic mass is 16.6. The van der Waals surface area contributed by atoms with Gasteiger partial charge in [0, 0.05) is 18.7 Å².